The van der Waals surface area contributed by atoms with Crippen LogP contribution >= 0.6 is 0 Å². The van der Waals surface area contributed by atoms with Crippen LogP contribution in [-0.2, 0) is 38.3 Å². The second-order valence-corrected chi connectivity index (χ2v) is 15.9. The molecule has 2 aromatic carbocycles. The standard InChI is InChI=1S/C22H20F3N5O.C21H19F3N6O/c1-12-7-15(22(23,24)25)8-18(31)20(12)17-5-3-14-10-30(28-21(14)27-17)16-4-6-19-26-13(2)9-29(19)11-16;1-11-7-14(21(22,23)24)8-17(31)19(11)16-5-3-13-9-30(28-20(13)25-16)15-4-6-18-27-26-12(2)29(18)10-15/h3,5,7-10,16,31H,4,6,11H2,1-2H3;3,5,7-9,15,31H,4,6,10H2,1-2H3. The number of imidazole rings is 1. The number of hydrogen-bond donors (Lipinski definition) is 2. The first kappa shape index (κ1) is 40.6. The third kappa shape index (κ3) is 7.59. The number of hydrogen-bond acceptors (Lipinski definition) is 9. The summed E-state index contributed by atoms with van der Waals surface area (Å²) in [5.74, 6) is 2.01. The van der Waals surface area contributed by atoms with Gasteiger partial charge < -0.3 is 19.3 Å². The molecule has 6 aromatic heterocycles. The van der Waals surface area contributed by atoms with Crippen molar-refractivity contribution in [3.8, 4) is 34.0 Å². The van der Waals surface area contributed by atoms with Gasteiger partial charge in [0.05, 0.1) is 40.3 Å². The lowest BCUT2D eigenvalue weighted by Gasteiger charge is -2.24. The normalized spacial score (nSPS) is 16.6. The third-order valence-corrected chi connectivity index (χ3v) is 11.5. The number of rotatable bonds is 4. The van der Waals surface area contributed by atoms with Gasteiger partial charge in [0.25, 0.3) is 0 Å². The number of phenols is 2. The highest BCUT2D eigenvalue weighted by Gasteiger charge is 2.34. The Labute approximate surface area is 349 Å². The van der Waals surface area contributed by atoms with E-state index in [1.54, 1.807) is 12.1 Å². The van der Waals surface area contributed by atoms with Crippen molar-refractivity contribution in [2.24, 2.45) is 0 Å². The first-order valence-corrected chi connectivity index (χ1v) is 19.8. The molecule has 0 saturated heterocycles. The lowest BCUT2D eigenvalue weighted by molar-refractivity contribution is -0.138. The molecule has 8 heterocycles. The van der Waals surface area contributed by atoms with Gasteiger partial charge in [0.2, 0.25) is 0 Å². The van der Waals surface area contributed by atoms with Gasteiger partial charge in [-0.05, 0) is 100 Å². The summed E-state index contributed by atoms with van der Waals surface area (Å²) in [6, 6.07) is 10.8. The molecule has 0 saturated carbocycles. The van der Waals surface area contributed by atoms with E-state index in [1.807, 2.05) is 53.9 Å². The molecule has 10 rings (SSSR count). The predicted octanol–water partition coefficient (Wildman–Crippen LogP) is 9.04. The van der Waals surface area contributed by atoms with Crippen LogP contribution in [0.1, 0.15) is 70.3 Å². The molecule has 19 heteroatoms. The highest BCUT2D eigenvalue weighted by Crippen LogP contribution is 2.41. The molecule has 8 aromatic rings. The molecule has 2 unspecified atom stereocenters. The highest BCUT2D eigenvalue weighted by atomic mass is 19.4. The minimum absolute atomic E-state index is 0.126. The lowest BCUT2D eigenvalue weighted by Crippen LogP contribution is -2.24. The van der Waals surface area contributed by atoms with Crippen LogP contribution in [0.2, 0.25) is 0 Å². The van der Waals surface area contributed by atoms with Gasteiger partial charge in [-0.2, -0.15) is 36.5 Å². The first-order chi connectivity index (χ1) is 29.4. The van der Waals surface area contributed by atoms with Crippen LogP contribution in [0, 0.1) is 27.7 Å². The number of pyridine rings is 2. The van der Waals surface area contributed by atoms with Gasteiger partial charge in [-0.15, -0.1) is 10.2 Å². The number of fused-ring (bicyclic) bond motifs is 4. The number of benzene rings is 2. The first-order valence-electron chi connectivity index (χ1n) is 19.8. The summed E-state index contributed by atoms with van der Waals surface area (Å²) in [4.78, 5) is 13.6. The Morgan fingerprint density at radius 1 is 0.597 bits per heavy atom. The Morgan fingerprint density at radius 3 is 1.60 bits per heavy atom. The van der Waals surface area contributed by atoms with Crippen LogP contribution in [-0.4, -0.2) is 64.1 Å². The molecular formula is C43H39F6N11O2. The van der Waals surface area contributed by atoms with Crippen molar-refractivity contribution >= 4 is 22.1 Å². The maximum absolute atomic E-state index is 13.0. The van der Waals surface area contributed by atoms with Gasteiger partial charge in [-0.3, -0.25) is 9.36 Å². The van der Waals surface area contributed by atoms with Crippen molar-refractivity contribution in [2.45, 2.75) is 90.9 Å². The minimum Gasteiger partial charge on any atom is -0.507 e. The number of halogens is 6. The van der Waals surface area contributed by atoms with Crippen LogP contribution in [0.15, 0.2) is 67.1 Å². The summed E-state index contributed by atoms with van der Waals surface area (Å²) >= 11 is 0. The molecule has 0 aliphatic carbocycles. The number of nitrogens with zero attached hydrogens (tertiary/aromatic N) is 11. The van der Waals surface area contributed by atoms with E-state index in [9.17, 15) is 36.6 Å². The third-order valence-electron chi connectivity index (χ3n) is 11.5. The van der Waals surface area contributed by atoms with Gasteiger partial charge in [-0.1, -0.05) is 0 Å². The molecule has 320 valence electrons. The maximum atomic E-state index is 13.0. The largest absolute Gasteiger partial charge is 0.507 e. The summed E-state index contributed by atoms with van der Waals surface area (Å²) in [5.41, 5.74) is 2.09. The van der Waals surface area contributed by atoms with E-state index < -0.39 is 35.0 Å². The van der Waals surface area contributed by atoms with E-state index in [1.165, 1.54) is 13.8 Å². The average Bonchev–Trinajstić information content (AvgIpc) is 4.00. The zero-order valence-electron chi connectivity index (χ0n) is 33.8. The van der Waals surface area contributed by atoms with Crippen molar-refractivity contribution in [3.05, 3.63) is 113 Å². The highest BCUT2D eigenvalue weighted by molar-refractivity contribution is 5.82. The van der Waals surface area contributed by atoms with Gasteiger partial charge in [0.1, 0.15) is 29.0 Å². The lowest BCUT2D eigenvalue weighted by atomic mass is 10.00. The summed E-state index contributed by atoms with van der Waals surface area (Å²) in [7, 11) is 0. The number of alkyl halides is 6. The number of aromatic nitrogens is 11. The minimum atomic E-state index is -4.53. The second kappa shape index (κ2) is 15.0. The summed E-state index contributed by atoms with van der Waals surface area (Å²) in [6.45, 7) is 8.44. The van der Waals surface area contributed by atoms with Crippen molar-refractivity contribution in [3.63, 3.8) is 0 Å². The van der Waals surface area contributed by atoms with Crippen molar-refractivity contribution < 1.29 is 36.6 Å². The topological polar surface area (TPSA) is 150 Å². The molecule has 2 atom stereocenters. The van der Waals surface area contributed by atoms with Gasteiger partial charge in [0.15, 0.2) is 11.3 Å². The molecule has 0 spiro atoms. The molecule has 0 bridgehead atoms. The molecular weight excluding hydrogens is 817 g/mol. The van der Waals surface area contributed by atoms with E-state index in [-0.39, 0.29) is 23.2 Å². The average molecular weight is 856 g/mol. The van der Waals surface area contributed by atoms with E-state index in [0.29, 0.717) is 40.4 Å². The van der Waals surface area contributed by atoms with Gasteiger partial charge >= 0.3 is 12.4 Å². The zero-order valence-corrected chi connectivity index (χ0v) is 33.8. The zero-order chi connectivity index (χ0) is 43.8. The van der Waals surface area contributed by atoms with Crippen LogP contribution in [0.5, 0.6) is 11.5 Å². The fraction of sp³-hybridized carbons (Fsp3) is 0.326. The van der Waals surface area contributed by atoms with Gasteiger partial charge in [0, 0.05) is 66.4 Å². The molecule has 13 nitrogen and oxygen atoms in total. The number of phenolic OH excluding ortho intramolecular Hbond substituents is 2. The van der Waals surface area contributed by atoms with Crippen LogP contribution in [0.25, 0.3) is 44.6 Å². The van der Waals surface area contributed by atoms with E-state index >= 15 is 0 Å². The van der Waals surface area contributed by atoms with Crippen molar-refractivity contribution in [1.29, 1.82) is 0 Å². The van der Waals surface area contributed by atoms with Crippen LogP contribution in [0.3, 0.4) is 0 Å². The molecule has 0 fully saturated rings. The van der Waals surface area contributed by atoms with Crippen LogP contribution in [0.4, 0.5) is 26.3 Å². The SMILES string of the molecule is Cc1cc(C(F)(F)F)cc(O)c1-c1ccc2cn(C3CCc4nnc(C)n4C3)nc2n1.Cc1cn2c(n1)CCC(n1cc3ccc(-c4c(C)cc(C(F)(F)F)cc4O)nc3n1)C2. The summed E-state index contributed by atoms with van der Waals surface area (Å²) in [6.07, 6.45) is 0.298. The Bertz CT molecular complexity index is 2970. The molecule has 0 radical (unpaired) electrons. The molecule has 2 N–H and O–H groups in total. The smallest absolute Gasteiger partial charge is 0.416 e. The van der Waals surface area contributed by atoms with E-state index in [2.05, 4.69) is 44.5 Å². The number of aryl methyl sites for hydroxylation is 6. The van der Waals surface area contributed by atoms with Crippen molar-refractivity contribution in [2.75, 3.05) is 0 Å². The predicted molar refractivity (Wildman–Crippen MR) is 215 cm³/mol. The Balaban J connectivity index is 0.000000158. The van der Waals surface area contributed by atoms with Crippen molar-refractivity contribution in [1.82, 2.24) is 53.8 Å². The second-order valence-electron chi connectivity index (χ2n) is 15.9. The summed E-state index contributed by atoms with van der Waals surface area (Å²) in [5, 5.41) is 39.8. The van der Waals surface area contributed by atoms with Gasteiger partial charge in [-0.25, -0.2) is 15.0 Å². The van der Waals surface area contributed by atoms with E-state index in [0.717, 1.165) is 90.4 Å². The monoisotopic (exact) mass is 855 g/mol. The maximum Gasteiger partial charge on any atom is 0.416 e. The molecule has 0 amide bonds. The molecule has 2 aliphatic heterocycles. The quantitative estimate of drug-likeness (QED) is 0.165. The Hall–Kier alpha value is -6.79. The Kier molecular flexibility index (Phi) is 9.81. The van der Waals surface area contributed by atoms with E-state index in [4.69, 9.17) is 0 Å². The fourth-order valence-electron chi connectivity index (χ4n) is 8.47. The fourth-order valence-corrected chi connectivity index (χ4v) is 8.47. The van der Waals surface area contributed by atoms with Crippen LogP contribution < -0.4 is 0 Å². The molecule has 62 heavy (non-hydrogen) atoms. The number of aromatic hydroxyl groups is 2. The molecule has 2 aliphatic rings. The summed E-state index contributed by atoms with van der Waals surface area (Å²) < 4.78 is 86.1. The Morgan fingerprint density at radius 2 is 1.10 bits per heavy atom.